The lowest BCUT2D eigenvalue weighted by molar-refractivity contribution is -0.140. The molecule has 2 aromatic rings. The lowest BCUT2D eigenvalue weighted by Crippen LogP contribution is -2.40. The molecule has 0 spiro atoms. The molecule has 0 aliphatic carbocycles. The predicted molar refractivity (Wildman–Crippen MR) is 86.4 cm³/mol. The van der Waals surface area contributed by atoms with Crippen molar-refractivity contribution >= 4 is 16.0 Å². The Morgan fingerprint density at radius 3 is 2.22 bits per heavy atom. The summed E-state index contributed by atoms with van der Waals surface area (Å²) in [5.74, 6) is -1.09. The fourth-order valence-electron chi connectivity index (χ4n) is 2.86. The predicted octanol–water partition coefficient (Wildman–Crippen LogP) is 2.59. The molecule has 23 heavy (non-hydrogen) atoms. The smallest absolute Gasteiger partial charge is 0.322 e. The van der Waals surface area contributed by atoms with E-state index in [1.807, 2.05) is 30.3 Å². The molecular weight excluding hydrogens is 314 g/mol. The van der Waals surface area contributed by atoms with Gasteiger partial charge in [0.2, 0.25) is 10.0 Å². The summed E-state index contributed by atoms with van der Waals surface area (Å²) in [5, 5.41) is 9.18. The van der Waals surface area contributed by atoms with E-state index in [-0.39, 0.29) is 11.4 Å². The van der Waals surface area contributed by atoms with Crippen molar-refractivity contribution in [2.45, 2.75) is 23.8 Å². The number of carboxylic acids is 1. The van der Waals surface area contributed by atoms with E-state index in [1.165, 1.54) is 12.1 Å². The van der Waals surface area contributed by atoms with E-state index >= 15 is 0 Å². The van der Waals surface area contributed by atoms with Gasteiger partial charge in [0.25, 0.3) is 0 Å². The van der Waals surface area contributed by atoms with Gasteiger partial charge in [-0.05, 0) is 36.1 Å². The van der Waals surface area contributed by atoms with Crippen LogP contribution in [-0.4, -0.2) is 36.4 Å². The standard InChI is InChI=1S/C17H17NO4S/c19-17(20)16-7-4-12-18(16)23(21,22)15-10-8-14(9-11-15)13-5-2-1-3-6-13/h1-3,5-6,8-11,16H,4,7,12H2,(H,19,20). The maximum atomic E-state index is 12.7. The van der Waals surface area contributed by atoms with Crippen LogP contribution < -0.4 is 0 Å². The topological polar surface area (TPSA) is 74.7 Å². The molecule has 1 atom stereocenters. The third-order valence-corrected chi connectivity index (χ3v) is 5.98. The van der Waals surface area contributed by atoms with Crippen molar-refractivity contribution in [3.05, 3.63) is 54.6 Å². The first-order valence-corrected chi connectivity index (χ1v) is 8.84. The van der Waals surface area contributed by atoms with Crippen LogP contribution in [0.5, 0.6) is 0 Å². The van der Waals surface area contributed by atoms with Crippen LogP contribution in [0.3, 0.4) is 0 Å². The summed E-state index contributed by atoms with van der Waals surface area (Å²) in [6.45, 7) is 0.250. The second kappa shape index (κ2) is 6.14. The first-order valence-electron chi connectivity index (χ1n) is 7.40. The summed E-state index contributed by atoms with van der Waals surface area (Å²) in [4.78, 5) is 11.4. The minimum absolute atomic E-state index is 0.130. The van der Waals surface area contributed by atoms with Crippen molar-refractivity contribution in [1.82, 2.24) is 4.31 Å². The lowest BCUT2D eigenvalue weighted by Gasteiger charge is -2.21. The SMILES string of the molecule is O=C(O)C1CCCN1S(=O)(=O)c1ccc(-c2ccccc2)cc1. The van der Waals surface area contributed by atoms with E-state index in [4.69, 9.17) is 0 Å². The van der Waals surface area contributed by atoms with Gasteiger partial charge in [0.05, 0.1) is 4.90 Å². The molecule has 1 aliphatic rings. The largest absolute Gasteiger partial charge is 0.480 e. The highest BCUT2D eigenvalue weighted by atomic mass is 32.2. The van der Waals surface area contributed by atoms with E-state index in [0.717, 1.165) is 15.4 Å². The summed E-state index contributed by atoms with van der Waals surface area (Å²) < 4.78 is 26.4. The zero-order valence-electron chi connectivity index (χ0n) is 12.4. The molecule has 1 aliphatic heterocycles. The van der Waals surface area contributed by atoms with Crippen molar-refractivity contribution in [2.75, 3.05) is 6.54 Å². The van der Waals surface area contributed by atoms with Gasteiger partial charge in [-0.15, -0.1) is 0 Å². The molecule has 1 unspecified atom stereocenters. The molecule has 3 rings (SSSR count). The molecule has 6 heteroatoms. The molecule has 0 radical (unpaired) electrons. The number of aliphatic carboxylic acids is 1. The van der Waals surface area contributed by atoms with Crippen LogP contribution in [0, 0.1) is 0 Å². The van der Waals surface area contributed by atoms with Gasteiger partial charge >= 0.3 is 5.97 Å². The molecule has 0 aromatic heterocycles. The summed E-state index contributed by atoms with van der Waals surface area (Å²) >= 11 is 0. The van der Waals surface area contributed by atoms with Crippen molar-refractivity contribution in [1.29, 1.82) is 0 Å². The highest BCUT2D eigenvalue weighted by Gasteiger charge is 2.39. The first-order chi connectivity index (χ1) is 11.0. The molecule has 0 saturated carbocycles. The van der Waals surface area contributed by atoms with Crippen molar-refractivity contribution in [2.24, 2.45) is 0 Å². The lowest BCUT2D eigenvalue weighted by atomic mass is 10.1. The summed E-state index contributed by atoms with van der Waals surface area (Å²) in [5.41, 5.74) is 1.92. The molecule has 1 saturated heterocycles. The average Bonchev–Trinajstić information content (AvgIpc) is 3.07. The Kier molecular flexibility index (Phi) is 4.19. The van der Waals surface area contributed by atoms with E-state index < -0.39 is 22.0 Å². The Labute approximate surface area is 135 Å². The van der Waals surface area contributed by atoms with Crippen LogP contribution in [0.1, 0.15) is 12.8 Å². The molecule has 5 nitrogen and oxygen atoms in total. The highest BCUT2D eigenvalue weighted by Crippen LogP contribution is 2.28. The van der Waals surface area contributed by atoms with Crippen molar-refractivity contribution in [3.63, 3.8) is 0 Å². The van der Waals surface area contributed by atoms with Gasteiger partial charge in [-0.25, -0.2) is 8.42 Å². The fraction of sp³-hybridized carbons (Fsp3) is 0.235. The van der Waals surface area contributed by atoms with Crippen LogP contribution in [-0.2, 0) is 14.8 Å². The average molecular weight is 331 g/mol. The molecule has 1 heterocycles. The maximum absolute atomic E-state index is 12.7. The van der Waals surface area contributed by atoms with Gasteiger partial charge in [-0.1, -0.05) is 42.5 Å². The van der Waals surface area contributed by atoms with E-state index in [2.05, 4.69) is 0 Å². The van der Waals surface area contributed by atoms with Crippen LogP contribution in [0.15, 0.2) is 59.5 Å². The molecule has 0 amide bonds. The Balaban J connectivity index is 1.91. The zero-order valence-corrected chi connectivity index (χ0v) is 13.2. The van der Waals surface area contributed by atoms with Crippen molar-refractivity contribution < 1.29 is 18.3 Å². The Morgan fingerprint density at radius 1 is 1.00 bits per heavy atom. The molecule has 0 bridgehead atoms. The molecule has 120 valence electrons. The minimum Gasteiger partial charge on any atom is -0.480 e. The number of carbonyl (C=O) groups is 1. The minimum atomic E-state index is -3.78. The van der Waals surface area contributed by atoms with E-state index in [9.17, 15) is 18.3 Å². The number of benzene rings is 2. The van der Waals surface area contributed by atoms with Crippen LogP contribution in [0.25, 0.3) is 11.1 Å². The van der Waals surface area contributed by atoms with E-state index in [0.29, 0.717) is 12.8 Å². The van der Waals surface area contributed by atoms with Crippen LogP contribution in [0.4, 0.5) is 0 Å². The number of rotatable bonds is 4. The second-order valence-corrected chi connectivity index (χ2v) is 7.39. The number of carboxylic acid groups (broad SMARTS) is 1. The van der Waals surface area contributed by atoms with Crippen LogP contribution in [0.2, 0.25) is 0 Å². The molecule has 2 aromatic carbocycles. The number of hydrogen-bond donors (Lipinski definition) is 1. The Bertz CT molecular complexity index is 800. The third kappa shape index (κ3) is 3.00. The number of nitrogens with zero attached hydrogens (tertiary/aromatic N) is 1. The second-order valence-electron chi connectivity index (χ2n) is 5.50. The van der Waals surface area contributed by atoms with Gasteiger partial charge in [0.15, 0.2) is 0 Å². The normalized spacial score (nSPS) is 18.9. The monoisotopic (exact) mass is 331 g/mol. The maximum Gasteiger partial charge on any atom is 0.322 e. The highest BCUT2D eigenvalue weighted by molar-refractivity contribution is 7.89. The Morgan fingerprint density at radius 2 is 1.61 bits per heavy atom. The summed E-state index contributed by atoms with van der Waals surface area (Å²) in [6, 6.07) is 15.3. The van der Waals surface area contributed by atoms with Gasteiger partial charge in [0.1, 0.15) is 6.04 Å². The zero-order chi connectivity index (χ0) is 16.4. The van der Waals surface area contributed by atoms with Gasteiger partial charge in [-0.2, -0.15) is 4.31 Å². The number of sulfonamides is 1. The van der Waals surface area contributed by atoms with Gasteiger partial charge in [-0.3, -0.25) is 4.79 Å². The van der Waals surface area contributed by atoms with E-state index in [1.54, 1.807) is 12.1 Å². The summed E-state index contributed by atoms with van der Waals surface area (Å²) in [7, 11) is -3.78. The van der Waals surface area contributed by atoms with Crippen molar-refractivity contribution in [3.8, 4) is 11.1 Å². The third-order valence-electron chi connectivity index (χ3n) is 4.06. The number of hydrogen-bond acceptors (Lipinski definition) is 3. The van der Waals surface area contributed by atoms with Gasteiger partial charge in [0, 0.05) is 6.54 Å². The summed E-state index contributed by atoms with van der Waals surface area (Å²) in [6.07, 6.45) is 0.926. The Hall–Kier alpha value is -2.18. The van der Waals surface area contributed by atoms with Gasteiger partial charge < -0.3 is 5.11 Å². The fourth-order valence-corrected chi connectivity index (χ4v) is 4.51. The molecular formula is C17H17NO4S. The first kappa shape index (κ1) is 15.7. The van der Waals surface area contributed by atoms with Crippen LogP contribution >= 0.6 is 0 Å². The quantitative estimate of drug-likeness (QED) is 0.934. The molecule has 1 fully saturated rings. The molecule has 1 N–H and O–H groups in total.